The van der Waals surface area contributed by atoms with Crippen molar-refractivity contribution in [1.82, 2.24) is 9.97 Å². The SMILES string of the molecule is C=CCN(CC(=O)O)c1cc(OC)ncn1. The Hall–Kier alpha value is -2.11. The molecular formula is C10H13N3O3. The smallest absolute Gasteiger partial charge is 0.323 e. The molecule has 0 fully saturated rings. The Morgan fingerprint density at radius 2 is 2.44 bits per heavy atom. The summed E-state index contributed by atoms with van der Waals surface area (Å²) in [7, 11) is 1.49. The molecule has 0 bridgehead atoms. The van der Waals surface area contributed by atoms with Gasteiger partial charge in [0.15, 0.2) is 0 Å². The fourth-order valence-corrected chi connectivity index (χ4v) is 1.17. The maximum absolute atomic E-state index is 10.7. The summed E-state index contributed by atoms with van der Waals surface area (Å²) in [6, 6.07) is 1.58. The van der Waals surface area contributed by atoms with Crippen LogP contribution in [0.4, 0.5) is 5.82 Å². The first kappa shape index (κ1) is 12.0. The second kappa shape index (κ2) is 5.69. The van der Waals surface area contributed by atoms with Gasteiger partial charge in [0.1, 0.15) is 18.7 Å². The predicted octanol–water partition coefficient (Wildman–Crippen LogP) is 0.562. The number of hydrogen-bond acceptors (Lipinski definition) is 5. The third-order valence-corrected chi connectivity index (χ3v) is 1.84. The van der Waals surface area contributed by atoms with Crippen LogP contribution in [-0.2, 0) is 4.79 Å². The number of rotatable bonds is 6. The van der Waals surface area contributed by atoms with Gasteiger partial charge in [0.2, 0.25) is 5.88 Å². The minimum atomic E-state index is -0.931. The second-order valence-corrected chi connectivity index (χ2v) is 2.98. The molecule has 0 aromatic carbocycles. The number of carboxylic acid groups (broad SMARTS) is 1. The summed E-state index contributed by atoms with van der Waals surface area (Å²) in [6.45, 7) is 3.82. The number of carboxylic acids is 1. The lowest BCUT2D eigenvalue weighted by molar-refractivity contribution is -0.135. The first-order valence-corrected chi connectivity index (χ1v) is 4.61. The zero-order valence-electron chi connectivity index (χ0n) is 8.96. The summed E-state index contributed by atoms with van der Waals surface area (Å²) >= 11 is 0. The van der Waals surface area contributed by atoms with Gasteiger partial charge in [-0.25, -0.2) is 9.97 Å². The van der Waals surface area contributed by atoms with Crippen molar-refractivity contribution in [2.24, 2.45) is 0 Å². The molecule has 0 saturated carbocycles. The zero-order chi connectivity index (χ0) is 12.0. The average molecular weight is 223 g/mol. The Labute approximate surface area is 93.2 Å². The van der Waals surface area contributed by atoms with E-state index in [0.717, 1.165) is 0 Å². The first-order chi connectivity index (χ1) is 7.67. The van der Waals surface area contributed by atoms with E-state index >= 15 is 0 Å². The van der Waals surface area contributed by atoms with Crippen molar-refractivity contribution in [3.63, 3.8) is 0 Å². The third kappa shape index (κ3) is 3.23. The molecule has 0 radical (unpaired) electrons. The summed E-state index contributed by atoms with van der Waals surface area (Å²) in [4.78, 5) is 20.0. The van der Waals surface area contributed by atoms with Crippen molar-refractivity contribution in [1.29, 1.82) is 0 Å². The van der Waals surface area contributed by atoms with Gasteiger partial charge < -0.3 is 14.7 Å². The Balaban J connectivity index is 2.90. The lowest BCUT2D eigenvalue weighted by Gasteiger charge is -2.19. The number of nitrogens with zero attached hydrogens (tertiary/aromatic N) is 3. The summed E-state index contributed by atoms with van der Waals surface area (Å²) in [5.41, 5.74) is 0. The first-order valence-electron chi connectivity index (χ1n) is 4.61. The van der Waals surface area contributed by atoms with E-state index in [0.29, 0.717) is 18.2 Å². The van der Waals surface area contributed by atoms with Crippen LogP contribution in [0.2, 0.25) is 0 Å². The Bertz CT molecular complexity index is 381. The van der Waals surface area contributed by atoms with Crippen LogP contribution in [0.15, 0.2) is 25.0 Å². The maximum atomic E-state index is 10.7. The molecule has 0 unspecified atom stereocenters. The number of aliphatic carboxylic acids is 1. The van der Waals surface area contributed by atoms with E-state index in [4.69, 9.17) is 9.84 Å². The molecule has 0 atom stereocenters. The molecule has 0 spiro atoms. The Kier molecular flexibility index (Phi) is 4.26. The van der Waals surface area contributed by atoms with Crippen LogP contribution in [0.1, 0.15) is 0 Å². The molecule has 86 valence electrons. The van der Waals surface area contributed by atoms with Gasteiger partial charge in [-0.2, -0.15) is 0 Å². The highest BCUT2D eigenvalue weighted by atomic mass is 16.5. The normalized spacial score (nSPS) is 9.56. The van der Waals surface area contributed by atoms with E-state index in [1.807, 2.05) is 0 Å². The molecule has 0 aliphatic rings. The van der Waals surface area contributed by atoms with Crippen molar-refractivity contribution in [3.8, 4) is 5.88 Å². The molecule has 6 heteroatoms. The van der Waals surface area contributed by atoms with E-state index in [1.165, 1.54) is 13.4 Å². The molecule has 1 heterocycles. The summed E-state index contributed by atoms with van der Waals surface area (Å²) in [6.07, 6.45) is 2.93. The molecule has 1 aromatic heterocycles. The molecule has 1 N–H and O–H groups in total. The van der Waals surface area contributed by atoms with Crippen LogP contribution >= 0.6 is 0 Å². The van der Waals surface area contributed by atoms with Crippen LogP contribution in [0.25, 0.3) is 0 Å². The molecule has 0 saturated heterocycles. The second-order valence-electron chi connectivity index (χ2n) is 2.98. The topological polar surface area (TPSA) is 75.6 Å². The zero-order valence-corrected chi connectivity index (χ0v) is 8.96. The van der Waals surface area contributed by atoms with Crippen molar-refractivity contribution >= 4 is 11.8 Å². The van der Waals surface area contributed by atoms with Crippen LogP contribution in [0, 0.1) is 0 Å². The molecule has 6 nitrogen and oxygen atoms in total. The van der Waals surface area contributed by atoms with E-state index in [-0.39, 0.29) is 6.54 Å². The molecule has 1 rings (SSSR count). The van der Waals surface area contributed by atoms with Gasteiger partial charge in [-0.3, -0.25) is 4.79 Å². The van der Waals surface area contributed by atoms with Gasteiger partial charge in [-0.05, 0) is 0 Å². The van der Waals surface area contributed by atoms with Gasteiger partial charge in [-0.15, -0.1) is 6.58 Å². The lowest BCUT2D eigenvalue weighted by atomic mass is 10.4. The van der Waals surface area contributed by atoms with Crippen LogP contribution in [0.5, 0.6) is 5.88 Å². The monoisotopic (exact) mass is 223 g/mol. The molecule has 0 aliphatic carbocycles. The Morgan fingerprint density at radius 3 is 3.00 bits per heavy atom. The van der Waals surface area contributed by atoms with Crippen LogP contribution < -0.4 is 9.64 Å². The standard InChI is InChI=1S/C10H13N3O3/c1-3-4-13(6-10(14)15)8-5-9(16-2)12-7-11-8/h3,5,7H,1,4,6H2,2H3,(H,14,15). The molecule has 1 aromatic rings. The minimum Gasteiger partial charge on any atom is -0.481 e. The average Bonchev–Trinajstić information content (AvgIpc) is 2.28. The fraction of sp³-hybridized carbons (Fsp3) is 0.300. The number of ether oxygens (including phenoxy) is 1. The molecule has 0 amide bonds. The van der Waals surface area contributed by atoms with Gasteiger partial charge in [-0.1, -0.05) is 6.08 Å². The highest BCUT2D eigenvalue weighted by molar-refractivity contribution is 5.73. The highest BCUT2D eigenvalue weighted by Crippen LogP contribution is 2.14. The third-order valence-electron chi connectivity index (χ3n) is 1.84. The van der Waals surface area contributed by atoms with Crippen molar-refractivity contribution < 1.29 is 14.6 Å². The minimum absolute atomic E-state index is 0.147. The van der Waals surface area contributed by atoms with Crippen LogP contribution in [0.3, 0.4) is 0 Å². The molecule has 0 aliphatic heterocycles. The molecular weight excluding hydrogens is 210 g/mol. The fourth-order valence-electron chi connectivity index (χ4n) is 1.17. The van der Waals surface area contributed by atoms with Crippen molar-refractivity contribution in [3.05, 3.63) is 25.0 Å². The van der Waals surface area contributed by atoms with Gasteiger partial charge in [0.05, 0.1) is 7.11 Å². The van der Waals surface area contributed by atoms with Gasteiger partial charge in [0, 0.05) is 12.6 Å². The van der Waals surface area contributed by atoms with Crippen LogP contribution in [-0.4, -0.2) is 41.2 Å². The maximum Gasteiger partial charge on any atom is 0.323 e. The van der Waals surface area contributed by atoms with E-state index in [9.17, 15) is 4.79 Å². The highest BCUT2D eigenvalue weighted by Gasteiger charge is 2.11. The molecule has 16 heavy (non-hydrogen) atoms. The lowest BCUT2D eigenvalue weighted by Crippen LogP contribution is -2.30. The largest absolute Gasteiger partial charge is 0.481 e. The summed E-state index contributed by atoms with van der Waals surface area (Å²) in [5.74, 6) is -0.0435. The summed E-state index contributed by atoms with van der Waals surface area (Å²) in [5, 5.41) is 8.75. The predicted molar refractivity (Wildman–Crippen MR) is 58.6 cm³/mol. The van der Waals surface area contributed by atoms with E-state index in [1.54, 1.807) is 17.0 Å². The number of hydrogen-bond donors (Lipinski definition) is 1. The van der Waals surface area contributed by atoms with E-state index < -0.39 is 5.97 Å². The van der Waals surface area contributed by atoms with E-state index in [2.05, 4.69) is 16.5 Å². The van der Waals surface area contributed by atoms with Gasteiger partial charge >= 0.3 is 5.97 Å². The quantitative estimate of drug-likeness (QED) is 0.710. The number of anilines is 1. The Morgan fingerprint density at radius 1 is 1.69 bits per heavy atom. The summed E-state index contributed by atoms with van der Waals surface area (Å²) < 4.78 is 4.94. The number of carbonyl (C=O) groups is 1. The number of methoxy groups -OCH3 is 1. The van der Waals surface area contributed by atoms with Crippen molar-refractivity contribution in [2.75, 3.05) is 25.1 Å². The van der Waals surface area contributed by atoms with Crippen molar-refractivity contribution in [2.45, 2.75) is 0 Å². The number of aromatic nitrogens is 2. The van der Waals surface area contributed by atoms with Gasteiger partial charge in [0.25, 0.3) is 0 Å².